The molecule has 0 bridgehead atoms. The Morgan fingerprint density at radius 1 is 1.48 bits per heavy atom. The van der Waals surface area contributed by atoms with Crippen LogP contribution < -0.4 is 10.5 Å². The van der Waals surface area contributed by atoms with Crippen molar-refractivity contribution in [2.45, 2.75) is 19.8 Å². The third-order valence-electron chi connectivity index (χ3n) is 3.65. The van der Waals surface area contributed by atoms with Gasteiger partial charge < -0.3 is 15.9 Å². The number of rotatable bonds is 4. The van der Waals surface area contributed by atoms with E-state index in [4.69, 9.17) is 15.9 Å². The van der Waals surface area contributed by atoms with Gasteiger partial charge in [0, 0.05) is 22.4 Å². The van der Waals surface area contributed by atoms with Crippen molar-refractivity contribution in [1.29, 1.82) is 5.41 Å². The van der Waals surface area contributed by atoms with Crippen molar-refractivity contribution in [3.05, 3.63) is 45.6 Å². The van der Waals surface area contributed by atoms with E-state index in [1.807, 2.05) is 19.1 Å². The molecule has 0 atom stereocenters. The van der Waals surface area contributed by atoms with Crippen LogP contribution >= 0.6 is 24.0 Å². The third kappa shape index (κ3) is 2.89. The highest BCUT2D eigenvalue weighted by molar-refractivity contribution is 7.90. The lowest BCUT2D eigenvalue weighted by Crippen LogP contribution is -2.13. The number of amides is 1. The second-order valence-electron chi connectivity index (χ2n) is 5.19. The van der Waals surface area contributed by atoms with Gasteiger partial charge in [0.05, 0.1) is 11.1 Å². The normalized spacial score (nSPS) is 13.7. The Labute approximate surface area is 143 Å². The van der Waals surface area contributed by atoms with Gasteiger partial charge in [-0.3, -0.25) is 9.78 Å². The molecule has 0 saturated heterocycles. The minimum Gasteiger partial charge on any atom is -0.444 e. The van der Waals surface area contributed by atoms with Gasteiger partial charge in [-0.1, -0.05) is 11.3 Å². The van der Waals surface area contributed by atoms with Crippen LogP contribution in [0.15, 0.2) is 23.9 Å². The number of carbonyl (C=O) groups excluding carboxylic acids is 1. The second kappa shape index (κ2) is 6.17. The van der Waals surface area contributed by atoms with Crippen LogP contribution in [0.4, 0.5) is 0 Å². The maximum Gasteiger partial charge on any atom is 0.259 e. The monoisotopic (exact) mass is 345 g/mol. The average Bonchev–Trinajstić information content (AvgIpc) is 2.90. The number of thiol groups is 1. The molecule has 7 heteroatoms. The number of nitrogens with two attached hydrogens (primary N) is 1. The van der Waals surface area contributed by atoms with Crippen molar-refractivity contribution in [1.82, 2.24) is 4.98 Å². The standard InChI is InChI=1S/C16H15N3O2S2/c1-8-2-4-10(7-19-8)21-16-12-11(14(23-16)15(18)20)5-3-9(6-17)13(12)22/h2,4,6-7,17,22H,3,5H2,1H3,(H2,18,20). The summed E-state index contributed by atoms with van der Waals surface area (Å²) in [6.07, 6.45) is 4.24. The summed E-state index contributed by atoms with van der Waals surface area (Å²) in [5.74, 6) is 0.112. The highest BCUT2D eigenvalue weighted by Crippen LogP contribution is 2.47. The number of hydrogen-bond acceptors (Lipinski definition) is 6. The van der Waals surface area contributed by atoms with E-state index in [9.17, 15) is 4.79 Å². The Kier molecular flexibility index (Phi) is 4.23. The highest BCUT2D eigenvalue weighted by atomic mass is 32.1. The molecule has 1 amide bonds. The van der Waals surface area contributed by atoms with E-state index in [0.29, 0.717) is 33.4 Å². The predicted molar refractivity (Wildman–Crippen MR) is 94.9 cm³/mol. The maximum atomic E-state index is 11.7. The molecule has 0 radical (unpaired) electrons. The van der Waals surface area contributed by atoms with E-state index in [1.54, 1.807) is 6.20 Å². The topological polar surface area (TPSA) is 89.1 Å². The summed E-state index contributed by atoms with van der Waals surface area (Å²) in [6.45, 7) is 1.90. The van der Waals surface area contributed by atoms with Crippen LogP contribution in [0, 0.1) is 12.3 Å². The van der Waals surface area contributed by atoms with Gasteiger partial charge in [0.2, 0.25) is 0 Å². The van der Waals surface area contributed by atoms with Gasteiger partial charge >= 0.3 is 0 Å². The van der Waals surface area contributed by atoms with Crippen molar-refractivity contribution in [2.75, 3.05) is 0 Å². The molecule has 2 aromatic rings. The number of fused-ring (bicyclic) bond motifs is 1. The van der Waals surface area contributed by atoms with Crippen LogP contribution in [0.5, 0.6) is 10.8 Å². The van der Waals surface area contributed by atoms with Crippen LogP contribution in [0.25, 0.3) is 4.91 Å². The SMILES string of the molecule is Cc1ccc(Oc2sc(C(N)=O)c3c2C(S)=C(C=N)CC3)cn1. The first kappa shape index (κ1) is 15.8. The molecule has 23 heavy (non-hydrogen) atoms. The fourth-order valence-electron chi connectivity index (χ4n) is 2.49. The molecular weight excluding hydrogens is 330 g/mol. The molecule has 0 spiro atoms. The number of allylic oxidation sites excluding steroid dienone is 1. The van der Waals surface area contributed by atoms with Crippen LogP contribution in [0.1, 0.15) is 32.9 Å². The summed E-state index contributed by atoms with van der Waals surface area (Å²) >= 11 is 5.75. The molecule has 2 heterocycles. The predicted octanol–water partition coefficient (Wildman–Crippen LogP) is 3.58. The average molecular weight is 345 g/mol. The molecule has 2 aromatic heterocycles. The molecule has 1 aliphatic carbocycles. The molecular formula is C16H15N3O2S2. The summed E-state index contributed by atoms with van der Waals surface area (Å²) in [5.41, 5.74) is 8.82. The van der Waals surface area contributed by atoms with Gasteiger partial charge in [0.1, 0.15) is 5.75 Å². The van der Waals surface area contributed by atoms with Gasteiger partial charge in [0.15, 0.2) is 5.06 Å². The lowest BCUT2D eigenvalue weighted by atomic mass is 9.93. The summed E-state index contributed by atoms with van der Waals surface area (Å²) in [6, 6.07) is 3.67. The van der Waals surface area contributed by atoms with Gasteiger partial charge in [-0.2, -0.15) is 0 Å². The zero-order chi connectivity index (χ0) is 16.6. The second-order valence-corrected chi connectivity index (χ2v) is 6.62. The first-order valence-electron chi connectivity index (χ1n) is 7.00. The van der Waals surface area contributed by atoms with Crippen LogP contribution in [-0.4, -0.2) is 17.1 Å². The lowest BCUT2D eigenvalue weighted by molar-refractivity contribution is 0.100. The van der Waals surface area contributed by atoms with Crippen molar-refractivity contribution >= 4 is 41.0 Å². The number of hydrogen-bond donors (Lipinski definition) is 3. The number of ether oxygens (including phenoxy) is 1. The van der Waals surface area contributed by atoms with E-state index in [-0.39, 0.29) is 0 Å². The van der Waals surface area contributed by atoms with Crippen LogP contribution in [0.2, 0.25) is 0 Å². The largest absolute Gasteiger partial charge is 0.444 e. The number of nitrogens with zero attached hydrogens (tertiary/aromatic N) is 1. The Hall–Kier alpha value is -2.12. The molecule has 0 fully saturated rings. The molecule has 118 valence electrons. The quantitative estimate of drug-likeness (QED) is 0.584. The molecule has 1 aliphatic rings. The third-order valence-corrected chi connectivity index (χ3v) is 5.29. The van der Waals surface area contributed by atoms with Crippen molar-refractivity contribution < 1.29 is 9.53 Å². The molecule has 0 unspecified atom stereocenters. The summed E-state index contributed by atoms with van der Waals surface area (Å²) < 4.78 is 5.92. The van der Waals surface area contributed by atoms with E-state index in [2.05, 4.69) is 17.6 Å². The van der Waals surface area contributed by atoms with Crippen molar-refractivity contribution in [3.8, 4) is 10.8 Å². The van der Waals surface area contributed by atoms with Gasteiger partial charge in [-0.05, 0) is 43.0 Å². The fraction of sp³-hybridized carbons (Fsp3) is 0.188. The van der Waals surface area contributed by atoms with Gasteiger partial charge in [-0.15, -0.1) is 12.6 Å². The summed E-state index contributed by atoms with van der Waals surface area (Å²) in [7, 11) is 0. The molecule has 5 nitrogen and oxygen atoms in total. The maximum absolute atomic E-state index is 11.7. The Morgan fingerprint density at radius 2 is 2.26 bits per heavy atom. The number of aryl methyl sites for hydroxylation is 1. The van der Waals surface area contributed by atoms with Crippen molar-refractivity contribution in [2.24, 2.45) is 5.73 Å². The highest BCUT2D eigenvalue weighted by Gasteiger charge is 2.28. The smallest absolute Gasteiger partial charge is 0.259 e. The number of primary amides is 1. The van der Waals surface area contributed by atoms with Crippen LogP contribution in [0.3, 0.4) is 0 Å². The van der Waals surface area contributed by atoms with Crippen molar-refractivity contribution in [3.63, 3.8) is 0 Å². The minimum absolute atomic E-state index is 0.470. The minimum atomic E-state index is -0.470. The number of thiophene rings is 1. The number of pyridine rings is 1. The van der Waals surface area contributed by atoms with E-state index in [0.717, 1.165) is 22.4 Å². The van der Waals surface area contributed by atoms with E-state index in [1.165, 1.54) is 17.6 Å². The van der Waals surface area contributed by atoms with Gasteiger partial charge in [0.25, 0.3) is 5.91 Å². The first-order chi connectivity index (χ1) is 11.0. The molecule has 3 rings (SSSR count). The molecule has 0 aliphatic heterocycles. The Balaban J connectivity index is 2.11. The molecule has 0 aromatic carbocycles. The summed E-state index contributed by atoms with van der Waals surface area (Å²) in [4.78, 5) is 17.1. The lowest BCUT2D eigenvalue weighted by Gasteiger charge is -2.16. The first-order valence-corrected chi connectivity index (χ1v) is 8.26. The number of carbonyl (C=O) groups is 1. The molecule has 0 saturated carbocycles. The number of aromatic nitrogens is 1. The molecule has 3 N–H and O–H groups in total. The number of nitrogens with one attached hydrogen (secondary N) is 1. The summed E-state index contributed by atoms with van der Waals surface area (Å²) in [5, 5.41) is 8.06. The Morgan fingerprint density at radius 3 is 2.87 bits per heavy atom. The zero-order valence-corrected chi connectivity index (χ0v) is 14.1. The fourth-order valence-corrected chi connectivity index (χ4v) is 4.06. The van der Waals surface area contributed by atoms with Gasteiger partial charge in [-0.25, -0.2) is 0 Å². The zero-order valence-electron chi connectivity index (χ0n) is 12.4. The van der Waals surface area contributed by atoms with E-state index < -0.39 is 5.91 Å². The van der Waals surface area contributed by atoms with E-state index >= 15 is 0 Å². The van der Waals surface area contributed by atoms with Crippen LogP contribution in [-0.2, 0) is 6.42 Å². The Bertz CT molecular complexity index is 823.